The summed E-state index contributed by atoms with van der Waals surface area (Å²) in [5.74, 6) is -1.30. The zero-order valence-corrected chi connectivity index (χ0v) is 44.8. The Morgan fingerprint density at radius 1 is 0.487 bits per heavy atom. The van der Waals surface area contributed by atoms with Gasteiger partial charge in [0.15, 0.2) is 18.7 Å². The Morgan fingerprint density at radius 3 is 1.40 bits per heavy atom. The van der Waals surface area contributed by atoms with Crippen molar-refractivity contribution >= 4 is 11.7 Å². The van der Waals surface area contributed by atoms with Crippen LogP contribution >= 0.6 is 0 Å². The van der Waals surface area contributed by atoms with Crippen LogP contribution in [0.2, 0.25) is 0 Å². The van der Waals surface area contributed by atoms with Crippen LogP contribution in [0.3, 0.4) is 0 Å². The molecule has 3 aliphatic heterocycles. The third-order valence-corrected chi connectivity index (χ3v) is 14.1. The first kappa shape index (κ1) is 58.2. The maximum atomic E-state index is 12.8. The summed E-state index contributed by atoms with van der Waals surface area (Å²) < 4.78 is 80.1. The summed E-state index contributed by atoms with van der Waals surface area (Å²) in [4.78, 5) is 24.0. The lowest BCUT2D eigenvalue weighted by Gasteiger charge is -2.51. The van der Waals surface area contributed by atoms with Gasteiger partial charge in [-0.3, -0.25) is 14.9 Å². The molecule has 3 aliphatic rings. The number of ether oxygens (including phenoxy) is 12. The molecule has 0 radical (unpaired) electrons. The Labute approximate surface area is 465 Å². The molecule has 0 amide bonds. The molecule has 9 rings (SSSR count). The number of nitro benzene ring substituents is 1. The van der Waals surface area contributed by atoms with Crippen molar-refractivity contribution in [2.24, 2.45) is 5.92 Å². The molecule has 0 aliphatic carbocycles. The molecule has 18 heteroatoms. The summed E-state index contributed by atoms with van der Waals surface area (Å²) in [5.41, 5.74) is 4.33. The molecular weight excluding hydrogens is 1030 g/mol. The second-order valence-corrected chi connectivity index (χ2v) is 20.1. The fourth-order valence-corrected chi connectivity index (χ4v) is 9.95. The van der Waals surface area contributed by atoms with Crippen LogP contribution in [0.4, 0.5) is 5.69 Å². The van der Waals surface area contributed by atoms with Crippen molar-refractivity contribution in [3.05, 3.63) is 214 Å². The van der Waals surface area contributed by atoms with E-state index in [0.717, 1.165) is 27.8 Å². The lowest BCUT2D eigenvalue weighted by atomic mass is 9.90. The van der Waals surface area contributed by atoms with Crippen LogP contribution in [0.1, 0.15) is 48.6 Å². The van der Waals surface area contributed by atoms with Crippen molar-refractivity contribution < 1.29 is 76.8 Å². The molecule has 3 saturated heterocycles. The molecule has 18 nitrogen and oxygen atoms in total. The molecule has 0 aromatic heterocycles. The van der Waals surface area contributed by atoms with Gasteiger partial charge in [0, 0.05) is 25.0 Å². The van der Waals surface area contributed by atoms with Crippen LogP contribution in [-0.4, -0.2) is 120 Å². The van der Waals surface area contributed by atoms with Crippen molar-refractivity contribution in [1.82, 2.24) is 0 Å². The van der Waals surface area contributed by atoms with Gasteiger partial charge in [-0.2, -0.15) is 0 Å². The summed E-state index contributed by atoms with van der Waals surface area (Å²) >= 11 is 0. The summed E-state index contributed by atoms with van der Waals surface area (Å²) in [6, 6.07) is 53.8. The number of esters is 1. The number of benzene rings is 6. The quantitative estimate of drug-likeness (QED) is 0.0313. The van der Waals surface area contributed by atoms with Crippen molar-refractivity contribution in [1.29, 1.82) is 0 Å². The van der Waals surface area contributed by atoms with E-state index in [-0.39, 0.29) is 57.7 Å². The minimum absolute atomic E-state index is 0.124. The summed E-state index contributed by atoms with van der Waals surface area (Å²) in [6.07, 6.45) is -16.5. The highest BCUT2D eigenvalue weighted by atomic mass is 16.8. The topological polar surface area (TPSA) is 211 Å². The van der Waals surface area contributed by atoms with E-state index < -0.39 is 103 Å². The first-order valence-corrected chi connectivity index (χ1v) is 26.9. The van der Waals surface area contributed by atoms with Gasteiger partial charge >= 0.3 is 5.97 Å². The summed E-state index contributed by atoms with van der Waals surface area (Å²) in [6.45, 7) is 5.44. The molecule has 15 atom stereocenters. The zero-order valence-electron chi connectivity index (χ0n) is 44.8. The second kappa shape index (κ2) is 28.8. The van der Waals surface area contributed by atoms with Gasteiger partial charge in [-0.25, -0.2) is 0 Å². The Kier molecular flexibility index (Phi) is 20.9. The van der Waals surface area contributed by atoms with E-state index in [9.17, 15) is 25.1 Å². The van der Waals surface area contributed by atoms with Gasteiger partial charge in [0.05, 0.1) is 63.4 Å². The SMILES string of the molecule is CC(=O)OC1C(OC2C(COCc3ccccc3)OC(Oc3ccc([N+](=O)[O-])cc3)C(C)C2OC2OC(C)C(OCc3ccccc3)C(OCc3ccccc3)C2OCc2ccccc2)OC(COCc2ccccc2)C(O)C1O. The molecular formula is C62H69NO17. The number of carbonyl (C=O) groups is 1. The van der Waals surface area contributed by atoms with Crippen molar-refractivity contribution in [3.63, 3.8) is 0 Å². The molecule has 80 heavy (non-hydrogen) atoms. The van der Waals surface area contributed by atoms with Crippen LogP contribution in [0.15, 0.2) is 176 Å². The predicted octanol–water partition coefficient (Wildman–Crippen LogP) is 8.42. The van der Waals surface area contributed by atoms with Gasteiger partial charge in [0.25, 0.3) is 5.69 Å². The van der Waals surface area contributed by atoms with Crippen LogP contribution < -0.4 is 4.74 Å². The van der Waals surface area contributed by atoms with Crippen LogP contribution in [0.5, 0.6) is 5.75 Å². The van der Waals surface area contributed by atoms with E-state index in [0.29, 0.717) is 0 Å². The van der Waals surface area contributed by atoms with Crippen molar-refractivity contribution in [3.8, 4) is 5.75 Å². The van der Waals surface area contributed by atoms with E-state index in [1.165, 1.54) is 31.2 Å². The zero-order chi connectivity index (χ0) is 55.8. The molecule has 0 spiro atoms. The first-order chi connectivity index (χ1) is 39.0. The number of carbonyl (C=O) groups excluding carboxylic acids is 1. The Bertz CT molecular complexity index is 2790. The lowest BCUT2D eigenvalue weighted by molar-refractivity contribution is -0.385. The maximum absolute atomic E-state index is 12.8. The fraction of sp³-hybridized carbons (Fsp3) is 0.403. The van der Waals surface area contributed by atoms with Crippen molar-refractivity contribution in [2.45, 2.75) is 140 Å². The average Bonchev–Trinajstić information content (AvgIpc) is 3.50. The van der Waals surface area contributed by atoms with Gasteiger partial charge in [0.1, 0.15) is 54.6 Å². The monoisotopic (exact) mass is 1100 g/mol. The van der Waals surface area contributed by atoms with Gasteiger partial charge in [-0.1, -0.05) is 159 Å². The molecule has 6 aromatic carbocycles. The number of aliphatic hydroxyl groups excluding tert-OH is 2. The highest BCUT2D eigenvalue weighted by molar-refractivity contribution is 5.66. The lowest BCUT2D eigenvalue weighted by Crippen LogP contribution is -2.66. The Morgan fingerprint density at radius 2 is 0.912 bits per heavy atom. The highest BCUT2D eigenvalue weighted by Gasteiger charge is 2.56. The maximum Gasteiger partial charge on any atom is 0.303 e. The van der Waals surface area contributed by atoms with Gasteiger partial charge in [-0.15, -0.1) is 0 Å². The minimum Gasteiger partial charge on any atom is -0.465 e. The summed E-state index contributed by atoms with van der Waals surface area (Å²) in [5, 5.41) is 35.0. The molecule has 3 fully saturated rings. The molecule has 3 heterocycles. The Balaban J connectivity index is 1.10. The van der Waals surface area contributed by atoms with Crippen LogP contribution in [0, 0.1) is 16.0 Å². The standard InChI is InChI=1S/C62H69NO17/c1-40-54(79-62-59(73-37-47-27-17-8-18-28-47)58(72-36-46-25-15-7-16-26-46)55(41(2)74-62)71-35-45-23-13-6-14-24-45)56(80-61-57(75-42(3)64)53(66)52(65)50(77-61)38-69-33-43-19-9-4-10-20-43)51(39-70-34-44-21-11-5-12-22-44)78-60(40)76-49-31-29-48(30-32-49)63(67)68/h4-32,40-41,50-62,65-66H,33-39H2,1-3H3. The molecule has 424 valence electrons. The second-order valence-electron chi connectivity index (χ2n) is 20.1. The number of non-ortho nitro benzene ring substituents is 1. The van der Waals surface area contributed by atoms with Gasteiger partial charge in [-0.05, 0) is 46.9 Å². The summed E-state index contributed by atoms with van der Waals surface area (Å²) in [7, 11) is 0. The molecule has 6 aromatic rings. The highest BCUT2D eigenvalue weighted by Crippen LogP contribution is 2.39. The molecule has 2 N–H and O–H groups in total. The number of hydrogen-bond acceptors (Lipinski definition) is 17. The average molecular weight is 1100 g/mol. The van der Waals surface area contributed by atoms with Crippen LogP contribution in [0.25, 0.3) is 0 Å². The first-order valence-electron chi connectivity index (χ1n) is 26.9. The smallest absolute Gasteiger partial charge is 0.303 e. The van der Waals surface area contributed by atoms with E-state index in [4.69, 9.17) is 56.8 Å². The molecule has 15 unspecified atom stereocenters. The molecule has 0 saturated carbocycles. The third kappa shape index (κ3) is 15.7. The van der Waals surface area contributed by atoms with Gasteiger partial charge in [0.2, 0.25) is 6.29 Å². The Hall–Kier alpha value is -6.49. The van der Waals surface area contributed by atoms with Crippen LogP contribution in [-0.2, 0) is 89.9 Å². The van der Waals surface area contributed by atoms with E-state index in [2.05, 4.69) is 0 Å². The number of rotatable bonds is 25. The number of nitrogens with zero attached hydrogens (tertiary/aromatic N) is 1. The normalized spacial score (nSPS) is 28.6. The van der Waals surface area contributed by atoms with E-state index in [1.54, 1.807) is 0 Å². The largest absolute Gasteiger partial charge is 0.465 e. The molecule has 0 bridgehead atoms. The van der Waals surface area contributed by atoms with Gasteiger partial charge < -0.3 is 67.1 Å². The fourth-order valence-electron chi connectivity index (χ4n) is 9.95. The number of hydrogen-bond donors (Lipinski definition) is 2. The van der Waals surface area contributed by atoms with Crippen molar-refractivity contribution in [2.75, 3.05) is 13.2 Å². The minimum atomic E-state index is -1.70. The van der Waals surface area contributed by atoms with E-state index in [1.807, 2.05) is 166 Å². The third-order valence-electron chi connectivity index (χ3n) is 14.1. The van der Waals surface area contributed by atoms with E-state index >= 15 is 0 Å². The number of nitro groups is 1. The number of aliphatic hydroxyl groups is 2. The predicted molar refractivity (Wildman–Crippen MR) is 289 cm³/mol.